The van der Waals surface area contributed by atoms with Crippen molar-refractivity contribution in [3.8, 4) is 0 Å². The number of nitrogens with zero attached hydrogens (tertiary/aromatic N) is 1. The summed E-state index contributed by atoms with van der Waals surface area (Å²) in [6, 6.07) is 17.6. The number of amides is 1. The van der Waals surface area contributed by atoms with Crippen LogP contribution in [-0.4, -0.2) is 33.0 Å². The molecular weight excluding hydrogens is 330 g/mol. The highest BCUT2D eigenvalue weighted by Crippen LogP contribution is 2.25. The molecule has 1 atom stereocenters. The second-order valence-electron chi connectivity index (χ2n) is 5.92. The van der Waals surface area contributed by atoms with E-state index in [0.29, 0.717) is 5.69 Å². The van der Waals surface area contributed by atoms with Crippen molar-refractivity contribution < 1.29 is 14.7 Å². The summed E-state index contributed by atoms with van der Waals surface area (Å²) in [6.45, 7) is 0. The minimum absolute atomic E-state index is 0.112. The monoisotopic (exact) mass is 349 g/mol. The predicted molar refractivity (Wildman–Crippen MR) is 96.6 cm³/mol. The number of aliphatic carboxylic acids is 1. The van der Waals surface area contributed by atoms with Gasteiger partial charge in [0.25, 0.3) is 0 Å². The summed E-state index contributed by atoms with van der Waals surface area (Å²) in [5.41, 5.74) is 2.19. The zero-order chi connectivity index (χ0) is 18.4. The van der Waals surface area contributed by atoms with E-state index in [9.17, 15) is 14.7 Å². The molecule has 6 nitrogen and oxygen atoms in total. The Balaban J connectivity index is 1.86. The van der Waals surface area contributed by atoms with Crippen LogP contribution in [0, 0.1) is 0 Å². The van der Waals surface area contributed by atoms with Gasteiger partial charge in [-0.2, -0.15) is 0 Å². The van der Waals surface area contributed by atoms with Crippen molar-refractivity contribution in [3.63, 3.8) is 0 Å². The number of rotatable bonds is 7. The largest absolute Gasteiger partial charge is 0.480 e. The van der Waals surface area contributed by atoms with Gasteiger partial charge in [0, 0.05) is 12.6 Å². The van der Waals surface area contributed by atoms with E-state index in [4.69, 9.17) is 0 Å². The van der Waals surface area contributed by atoms with Crippen molar-refractivity contribution in [1.29, 1.82) is 0 Å². The fourth-order valence-corrected chi connectivity index (χ4v) is 2.85. The predicted octanol–water partition coefficient (Wildman–Crippen LogP) is 2.35. The molecule has 1 unspecified atom stereocenters. The van der Waals surface area contributed by atoms with Gasteiger partial charge in [-0.3, -0.25) is 4.79 Å². The SMILES string of the molecule is O=C(O)C(Cc1c[nH]cn1)NC(=O)C(c1ccccc1)c1ccccc1. The molecule has 2 aromatic carbocycles. The second kappa shape index (κ2) is 8.11. The van der Waals surface area contributed by atoms with Crippen LogP contribution >= 0.6 is 0 Å². The Morgan fingerprint density at radius 2 is 1.58 bits per heavy atom. The van der Waals surface area contributed by atoms with Gasteiger partial charge < -0.3 is 15.4 Å². The van der Waals surface area contributed by atoms with Gasteiger partial charge in [0.15, 0.2) is 0 Å². The molecule has 0 spiro atoms. The average Bonchev–Trinajstić information content (AvgIpc) is 3.16. The van der Waals surface area contributed by atoms with E-state index in [1.54, 1.807) is 6.20 Å². The smallest absolute Gasteiger partial charge is 0.326 e. The summed E-state index contributed by atoms with van der Waals surface area (Å²) in [6.07, 6.45) is 3.21. The first-order chi connectivity index (χ1) is 12.6. The quantitative estimate of drug-likeness (QED) is 0.610. The summed E-state index contributed by atoms with van der Waals surface area (Å²) in [5.74, 6) is -2.04. The Morgan fingerprint density at radius 1 is 1.00 bits per heavy atom. The lowest BCUT2D eigenvalue weighted by Gasteiger charge is -2.21. The number of carboxylic acids is 1. The van der Waals surface area contributed by atoms with Crippen LogP contribution in [-0.2, 0) is 16.0 Å². The van der Waals surface area contributed by atoms with Gasteiger partial charge in [-0.1, -0.05) is 60.7 Å². The molecule has 0 saturated carbocycles. The van der Waals surface area contributed by atoms with Crippen molar-refractivity contribution >= 4 is 11.9 Å². The molecule has 0 aliphatic heterocycles. The molecule has 26 heavy (non-hydrogen) atoms. The van der Waals surface area contributed by atoms with Crippen molar-refractivity contribution in [1.82, 2.24) is 15.3 Å². The van der Waals surface area contributed by atoms with Crippen LogP contribution in [0.5, 0.6) is 0 Å². The van der Waals surface area contributed by atoms with Crippen molar-refractivity contribution in [2.45, 2.75) is 18.4 Å². The molecule has 1 aromatic heterocycles. The molecule has 1 heterocycles. The Hall–Kier alpha value is -3.41. The number of aromatic amines is 1. The lowest BCUT2D eigenvalue weighted by Crippen LogP contribution is -2.44. The Kier molecular flexibility index (Phi) is 5.43. The number of aromatic nitrogens is 2. The van der Waals surface area contributed by atoms with Gasteiger partial charge in [-0.05, 0) is 11.1 Å². The number of hydrogen-bond donors (Lipinski definition) is 3. The van der Waals surface area contributed by atoms with Gasteiger partial charge >= 0.3 is 5.97 Å². The number of H-pyrrole nitrogens is 1. The molecule has 0 bridgehead atoms. The lowest BCUT2D eigenvalue weighted by molar-refractivity contribution is -0.141. The van der Waals surface area contributed by atoms with Crippen molar-refractivity contribution in [3.05, 3.63) is 90.0 Å². The second-order valence-corrected chi connectivity index (χ2v) is 5.92. The van der Waals surface area contributed by atoms with Crippen LogP contribution in [0.1, 0.15) is 22.7 Å². The highest BCUT2D eigenvalue weighted by molar-refractivity contribution is 5.90. The number of benzene rings is 2. The zero-order valence-corrected chi connectivity index (χ0v) is 14.0. The number of imidazole rings is 1. The molecule has 0 aliphatic carbocycles. The standard InChI is InChI=1S/C20H19N3O3/c24-19(23-17(20(25)26)11-16-12-21-13-22-16)18(14-7-3-1-4-8-14)15-9-5-2-6-10-15/h1-10,12-13,17-18H,11H2,(H,21,22)(H,23,24)(H,25,26). The van der Waals surface area contributed by atoms with Crippen molar-refractivity contribution in [2.75, 3.05) is 0 Å². The summed E-state index contributed by atoms with van der Waals surface area (Å²) in [4.78, 5) is 31.4. The molecule has 1 amide bonds. The van der Waals surface area contributed by atoms with Crippen molar-refractivity contribution in [2.24, 2.45) is 0 Å². The molecule has 3 rings (SSSR count). The molecule has 3 N–H and O–H groups in total. The van der Waals surface area contributed by atoms with Crippen LogP contribution in [0.3, 0.4) is 0 Å². The molecule has 0 saturated heterocycles. The van der Waals surface area contributed by atoms with Gasteiger partial charge in [0.05, 0.1) is 17.9 Å². The number of nitrogens with one attached hydrogen (secondary N) is 2. The summed E-state index contributed by atoms with van der Waals surface area (Å²) in [5, 5.41) is 12.2. The van der Waals surface area contributed by atoms with E-state index in [1.807, 2.05) is 60.7 Å². The number of carbonyl (C=O) groups excluding carboxylic acids is 1. The number of carbonyl (C=O) groups is 2. The maximum absolute atomic E-state index is 13.0. The van der Waals surface area contributed by atoms with E-state index in [1.165, 1.54) is 6.33 Å². The van der Waals surface area contributed by atoms with E-state index >= 15 is 0 Å². The lowest BCUT2D eigenvalue weighted by atomic mass is 9.90. The highest BCUT2D eigenvalue weighted by atomic mass is 16.4. The average molecular weight is 349 g/mol. The molecule has 0 aliphatic rings. The van der Waals surface area contributed by atoms with E-state index in [-0.39, 0.29) is 12.3 Å². The number of carboxylic acid groups (broad SMARTS) is 1. The minimum atomic E-state index is -1.10. The molecule has 3 aromatic rings. The molecule has 6 heteroatoms. The van der Waals surface area contributed by atoms with Crippen LogP contribution in [0.4, 0.5) is 0 Å². The van der Waals surface area contributed by atoms with Gasteiger partial charge in [0.1, 0.15) is 6.04 Å². The first-order valence-corrected chi connectivity index (χ1v) is 8.26. The normalized spacial score (nSPS) is 11.9. The Morgan fingerprint density at radius 3 is 2.04 bits per heavy atom. The van der Waals surface area contributed by atoms with E-state index in [0.717, 1.165) is 11.1 Å². The minimum Gasteiger partial charge on any atom is -0.480 e. The van der Waals surface area contributed by atoms with Crippen LogP contribution in [0.15, 0.2) is 73.2 Å². The van der Waals surface area contributed by atoms with E-state index < -0.39 is 17.9 Å². The summed E-state index contributed by atoms with van der Waals surface area (Å²) >= 11 is 0. The highest BCUT2D eigenvalue weighted by Gasteiger charge is 2.28. The Labute approximate surface area is 150 Å². The topological polar surface area (TPSA) is 95.1 Å². The van der Waals surface area contributed by atoms with Gasteiger partial charge in [0.2, 0.25) is 5.91 Å². The van der Waals surface area contributed by atoms with Crippen LogP contribution in [0.25, 0.3) is 0 Å². The third-order valence-corrected chi connectivity index (χ3v) is 4.11. The molecule has 132 valence electrons. The fourth-order valence-electron chi connectivity index (χ4n) is 2.85. The van der Waals surface area contributed by atoms with Gasteiger partial charge in [-0.15, -0.1) is 0 Å². The molecule has 0 radical (unpaired) electrons. The van der Waals surface area contributed by atoms with Crippen LogP contribution in [0.2, 0.25) is 0 Å². The molecular formula is C20H19N3O3. The maximum Gasteiger partial charge on any atom is 0.326 e. The third kappa shape index (κ3) is 4.16. The first kappa shape index (κ1) is 17.4. The molecule has 0 fully saturated rings. The van der Waals surface area contributed by atoms with E-state index in [2.05, 4.69) is 15.3 Å². The maximum atomic E-state index is 13.0. The first-order valence-electron chi connectivity index (χ1n) is 8.26. The zero-order valence-electron chi connectivity index (χ0n) is 14.0. The fraction of sp³-hybridized carbons (Fsp3) is 0.150. The summed E-state index contributed by atoms with van der Waals surface area (Å²) < 4.78 is 0. The Bertz CT molecular complexity index is 809. The van der Waals surface area contributed by atoms with Gasteiger partial charge in [-0.25, -0.2) is 9.78 Å². The number of hydrogen-bond acceptors (Lipinski definition) is 3. The van der Waals surface area contributed by atoms with Crippen LogP contribution < -0.4 is 5.32 Å². The third-order valence-electron chi connectivity index (χ3n) is 4.11. The summed E-state index contributed by atoms with van der Waals surface area (Å²) in [7, 11) is 0.